The molecular formula is C15H18F3N3. The molecule has 114 valence electrons. The van der Waals surface area contributed by atoms with E-state index in [1.807, 2.05) is 19.1 Å². The van der Waals surface area contributed by atoms with Crippen LogP contribution in [0.5, 0.6) is 0 Å². The molecule has 21 heavy (non-hydrogen) atoms. The third kappa shape index (κ3) is 3.85. The Morgan fingerprint density at radius 2 is 1.95 bits per heavy atom. The monoisotopic (exact) mass is 297 g/mol. The molecule has 0 unspecified atom stereocenters. The zero-order chi connectivity index (χ0) is 15.6. The summed E-state index contributed by atoms with van der Waals surface area (Å²) in [5.74, 6) is 0. The first kappa shape index (κ1) is 15.6. The molecule has 2 rings (SSSR count). The summed E-state index contributed by atoms with van der Waals surface area (Å²) in [7, 11) is 0. The zero-order valence-corrected chi connectivity index (χ0v) is 12.2. The lowest BCUT2D eigenvalue weighted by Crippen LogP contribution is -2.22. The van der Waals surface area contributed by atoms with Crippen LogP contribution in [0, 0.1) is 6.92 Å². The molecule has 3 nitrogen and oxygen atoms in total. The number of alkyl halides is 3. The lowest BCUT2D eigenvalue weighted by atomic mass is 10.1. The van der Waals surface area contributed by atoms with Gasteiger partial charge in [0, 0.05) is 18.8 Å². The van der Waals surface area contributed by atoms with E-state index in [4.69, 9.17) is 0 Å². The van der Waals surface area contributed by atoms with Gasteiger partial charge in [-0.2, -0.15) is 18.3 Å². The number of rotatable bonds is 4. The zero-order valence-electron chi connectivity index (χ0n) is 12.2. The fraction of sp³-hybridized carbons (Fsp3) is 0.400. The van der Waals surface area contributed by atoms with Crippen molar-refractivity contribution >= 4 is 0 Å². The summed E-state index contributed by atoms with van der Waals surface area (Å²) in [6, 6.07) is 6.88. The van der Waals surface area contributed by atoms with Gasteiger partial charge in [0.2, 0.25) is 0 Å². The average Bonchev–Trinajstić information content (AvgIpc) is 2.86. The summed E-state index contributed by atoms with van der Waals surface area (Å²) in [6.07, 6.45) is -3.09. The van der Waals surface area contributed by atoms with Gasteiger partial charge in [0.05, 0.1) is 5.69 Å². The minimum atomic E-state index is -4.42. The maximum atomic E-state index is 12.6. The number of halogens is 3. The highest BCUT2D eigenvalue weighted by Crippen LogP contribution is 2.28. The summed E-state index contributed by atoms with van der Waals surface area (Å²) < 4.78 is 38.9. The highest BCUT2D eigenvalue weighted by Gasteiger charge is 2.33. The first-order valence-corrected chi connectivity index (χ1v) is 6.73. The summed E-state index contributed by atoms with van der Waals surface area (Å²) in [5, 5.41) is 6.89. The van der Waals surface area contributed by atoms with Crippen molar-refractivity contribution in [2.45, 2.75) is 39.5 Å². The fourth-order valence-corrected chi connectivity index (χ4v) is 1.95. The molecule has 6 heteroatoms. The van der Waals surface area contributed by atoms with Crippen LogP contribution in [0.4, 0.5) is 13.2 Å². The molecule has 0 aliphatic heterocycles. The van der Waals surface area contributed by atoms with Gasteiger partial charge in [-0.05, 0) is 36.2 Å². The average molecular weight is 297 g/mol. The van der Waals surface area contributed by atoms with Crippen molar-refractivity contribution in [1.82, 2.24) is 15.1 Å². The molecule has 0 atom stereocenters. The highest BCUT2D eigenvalue weighted by atomic mass is 19.4. The van der Waals surface area contributed by atoms with E-state index in [0.29, 0.717) is 11.7 Å². The maximum Gasteiger partial charge on any atom is 0.435 e. The highest BCUT2D eigenvalue weighted by molar-refractivity contribution is 5.39. The van der Waals surface area contributed by atoms with Crippen molar-refractivity contribution in [1.29, 1.82) is 0 Å². The summed E-state index contributed by atoms with van der Waals surface area (Å²) >= 11 is 0. The van der Waals surface area contributed by atoms with E-state index < -0.39 is 11.9 Å². The van der Waals surface area contributed by atoms with Crippen LogP contribution in [-0.2, 0) is 12.7 Å². The Balaban J connectivity index is 2.22. The molecule has 1 aromatic heterocycles. The number of nitrogens with zero attached hydrogens (tertiary/aromatic N) is 2. The van der Waals surface area contributed by atoms with Gasteiger partial charge >= 0.3 is 6.18 Å². The molecule has 0 aliphatic rings. The van der Waals surface area contributed by atoms with Crippen molar-refractivity contribution in [3.05, 3.63) is 47.3 Å². The number of aryl methyl sites for hydroxylation is 1. The lowest BCUT2D eigenvalue weighted by molar-refractivity contribution is -0.141. The quantitative estimate of drug-likeness (QED) is 0.932. The van der Waals surface area contributed by atoms with Crippen molar-refractivity contribution in [3.63, 3.8) is 0 Å². The van der Waals surface area contributed by atoms with Crippen LogP contribution in [0.3, 0.4) is 0 Å². The van der Waals surface area contributed by atoms with Gasteiger partial charge < -0.3 is 5.32 Å². The Morgan fingerprint density at radius 3 is 2.48 bits per heavy atom. The van der Waals surface area contributed by atoms with Gasteiger partial charge in [-0.15, -0.1) is 0 Å². The Hall–Kier alpha value is -1.82. The van der Waals surface area contributed by atoms with Crippen LogP contribution >= 0.6 is 0 Å². The van der Waals surface area contributed by atoms with E-state index in [2.05, 4.69) is 24.3 Å². The smallest absolute Gasteiger partial charge is 0.310 e. The van der Waals surface area contributed by atoms with E-state index in [9.17, 15) is 13.2 Å². The van der Waals surface area contributed by atoms with Gasteiger partial charge in [-0.3, -0.25) is 0 Å². The van der Waals surface area contributed by atoms with Crippen molar-refractivity contribution in [2.24, 2.45) is 0 Å². The van der Waals surface area contributed by atoms with Gasteiger partial charge in [0.25, 0.3) is 0 Å². The third-order valence-corrected chi connectivity index (χ3v) is 3.17. The Bertz CT molecular complexity index is 615. The van der Waals surface area contributed by atoms with Crippen LogP contribution in [0.2, 0.25) is 0 Å². The van der Waals surface area contributed by atoms with E-state index in [-0.39, 0.29) is 0 Å². The molecule has 1 N–H and O–H groups in total. The van der Waals surface area contributed by atoms with Crippen molar-refractivity contribution < 1.29 is 13.2 Å². The van der Waals surface area contributed by atoms with E-state index in [1.54, 1.807) is 6.07 Å². The number of nitrogens with one attached hydrogen (secondary N) is 1. The van der Waals surface area contributed by atoms with Gasteiger partial charge in [0.15, 0.2) is 5.69 Å². The lowest BCUT2D eigenvalue weighted by Gasteiger charge is -2.12. The molecule has 2 aromatic rings. The minimum Gasteiger partial charge on any atom is -0.310 e. The molecule has 0 saturated carbocycles. The molecule has 0 radical (unpaired) electrons. The molecule has 0 spiro atoms. The second-order valence-corrected chi connectivity index (χ2v) is 5.29. The van der Waals surface area contributed by atoms with Gasteiger partial charge in [-0.25, -0.2) is 4.68 Å². The normalized spacial score (nSPS) is 12.1. The van der Waals surface area contributed by atoms with E-state index >= 15 is 0 Å². The van der Waals surface area contributed by atoms with E-state index in [0.717, 1.165) is 23.7 Å². The van der Waals surface area contributed by atoms with Gasteiger partial charge in [0.1, 0.15) is 0 Å². The summed E-state index contributed by atoms with van der Waals surface area (Å²) in [6.45, 7) is 6.80. The molecule has 0 aliphatic carbocycles. The van der Waals surface area contributed by atoms with Crippen LogP contribution in [0.1, 0.15) is 30.7 Å². The molecule has 0 fully saturated rings. The SMILES string of the molecule is Cc1cc(-n2ccc(C(F)(F)F)n2)ccc1CNC(C)C. The Labute approximate surface area is 121 Å². The largest absolute Gasteiger partial charge is 0.435 e. The predicted octanol–water partition coefficient (Wildman–Crippen LogP) is 3.70. The van der Waals surface area contributed by atoms with E-state index in [1.165, 1.54) is 10.9 Å². The molecule has 0 bridgehead atoms. The Kier molecular flexibility index (Phi) is 4.37. The van der Waals surface area contributed by atoms with Crippen molar-refractivity contribution in [3.8, 4) is 5.69 Å². The molecule has 1 aromatic carbocycles. The summed E-state index contributed by atoms with van der Waals surface area (Å²) in [4.78, 5) is 0. The molecule has 1 heterocycles. The summed E-state index contributed by atoms with van der Waals surface area (Å²) in [5.41, 5.74) is 1.88. The predicted molar refractivity (Wildman–Crippen MR) is 75.3 cm³/mol. The second kappa shape index (κ2) is 5.89. The van der Waals surface area contributed by atoms with Crippen molar-refractivity contribution in [2.75, 3.05) is 0 Å². The fourth-order valence-electron chi connectivity index (χ4n) is 1.95. The third-order valence-electron chi connectivity index (χ3n) is 3.17. The van der Waals surface area contributed by atoms with Crippen LogP contribution in [0.25, 0.3) is 5.69 Å². The number of aromatic nitrogens is 2. The van der Waals surface area contributed by atoms with Crippen LogP contribution in [-0.4, -0.2) is 15.8 Å². The molecule has 0 amide bonds. The Morgan fingerprint density at radius 1 is 1.24 bits per heavy atom. The number of hydrogen-bond acceptors (Lipinski definition) is 2. The molecular weight excluding hydrogens is 279 g/mol. The van der Waals surface area contributed by atoms with Crippen LogP contribution in [0.15, 0.2) is 30.5 Å². The number of hydrogen-bond donors (Lipinski definition) is 1. The number of benzene rings is 1. The molecule has 0 saturated heterocycles. The minimum absolute atomic E-state index is 0.379. The standard InChI is InChI=1S/C15H18F3N3/c1-10(2)19-9-12-4-5-13(8-11(12)3)21-7-6-14(20-21)15(16,17)18/h4-8,10,19H,9H2,1-3H3. The first-order valence-electron chi connectivity index (χ1n) is 6.73. The maximum absolute atomic E-state index is 12.6. The second-order valence-electron chi connectivity index (χ2n) is 5.29. The van der Waals surface area contributed by atoms with Crippen LogP contribution < -0.4 is 5.32 Å². The van der Waals surface area contributed by atoms with Gasteiger partial charge in [-0.1, -0.05) is 19.9 Å². The topological polar surface area (TPSA) is 29.9 Å². The first-order chi connectivity index (χ1) is 9.77.